The van der Waals surface area contributed by atoms with Gasteiger partial charge in [-0.25, -0.2) is 4.83 Å². The molecule has 0 aliphatic heterocycles. The number of hydrogen-bond donors (Lipinski definition) is 1. The molecule has 1 aromatic heterocycles. The molecule has 35 heavy (non-hydrogen) atoms. The molecule has 1 N–H and O–H groups in total. The van der Waals surface area contributed by atoms with Crippen molar-refractivity contribution in [3.63, 3.8) is 0 Å². The average Bonchev–Trinajstić information content (AvgIpc) is 3.22. The second-order valence-electron chi connectivity index (χ2n) is 7.65. The Balaban J connectivity index is 2.07. The number of anilines is 1. The van der Waals surface area contributed by atoms with Crippen LogP contribution in [-0.4, -0.2) is 46.5 Å². The van der Waals surface area contributed by atoms with Crippen LogP contribution in [0.15, 0.2) is 89.9 Å². The van der Waals surface area contributed by atoms with Gasteiger partial charge in [-0.2, -0.15) is 13.5 Å². The van der Waals surface area contributed by atoms with Crippen LogP contribution in [0, 0.1) is 6.92 Å². The van der Waals surface area contributed by atoms with Crippen LogP contribution in [0.4, 0.5) is 5.82 Å². The first-order valence-corrected chi connectivity index (χ1v) is 12.3. The molecule has 9 heteroatoms. The molecule has 0 radical (unpaired) electrons. The first kappa shape index (κ1) is 25.6. The van der Waals surface area contributed by atoms with Crippen LogP contribution in [0.1, 0.15) is 11.1 Å². The molecule has 0 saturated heterocycles. The van der Waals surface area contributed by atoms with E-state index in [4.69, 9.17) is 9.47 Å². The van der Waals surface area contributed by atoms with Gasteiger partial charge in [0, 0.05) is 24.7 Å². The minimum absolute atomic E-state index is 0.133. The van der Waals surface area contributed by atoms with Crippen molar-refractivity contribution >= 4 is 22.1 Å². The maximum Gasteiger partial charge on any atom is 0.276 e. The highest BCUT2D eigenvalue weighted by Crippen LogP contribution is 2.34. The van der Waals surface area contributed by atoms with Crippen LogP contribution >= 0.6 is 0 Å². The summed E-state index contributed by atoms with van der Waals surface area (Å²) in [5, 5.41) is 4.06. The molecule has 1 heterocycles. The minimum Gasteiger partial charge on any atom is -0.497 e. The first-order chi connectivity index (χ1) is 16.8. The zero-order valence-corrected chi connectivity index (χ0v) is 21.0. The highest BCUT2D eigenvalue weighted by molar-refractivity contribution is 7.89. The van der Waals surface area contributed by atoms with Crippen molar-refractivity contribution in [3.05, 3.63) is 91.0 Å². The summed E-state index contributed by atoms with van der Waals surface area (Å²) in [4.78, 5) is 4.45. The monoisotopic (exact) mass is 494 g/mol. The Hall–Kier alpha value is -3.98. The van der Waals surface area contributed by atoms with E-state index in [0.29, 0.717) is 24.5 Å². The first-order valence-electron chi connectivity index (χ1n) is 10.9. The van der Waals surface area contributed by atoms with Gasteiger partial charge in [0.2, 0.25) is 0 Å². The molecule has 0 aliphatic carbocycles. The van der Waals surface area contributed by atoms with E-state index in [1.165, 1.54) is 18.3 Å². The molecule has 0 spiro atoms. The van der Waals surface area contributed by atoms with E-state index in [2.05, 4.69) is 23.1 Å². The van der Waals surface area contributed by atoms with E-state index < -0.39 is 10.0 Å². The molecule has 0 unspecified atom stereocenters. The van der Waals surface area contributed by atoms with Gasteiger partial charge in [-0.05, 0) is 43.3 Å². The van der Waals surface area contributed by atoms with Crippen molar-refractivity contribution in [1.29, 1.82) is 0 Å². The molecule has 0 aliphatic rings. The number of benzene rings is 2. The molecule has 0 fully saturated rings. The summed E-state index contributed by atoms with van der Waals surface area (Å²) in [6, 6.07) is 15.9. The van der Waals surface area contributed by atoms with Gasteiger partial charge < -0.3 is 14.4 Å². The van der Waals surface area contributed by atoms with Crippen molar-refractivity contribution < 1.29 is 17.9 Å². The maximum absolute atomic E-state index is 12.7. The quantitative estimate of drug-likeness (QED) is 0.231. The van der Waals surface area contributed by atoms with Crippen LogP contribution in [0.25, 0.3) is 5.69 Å². The molecule has 8 nitrogen and oxygen atoms in total. The Kier molecular flexibility index (Phi) is 8.38. The van der Waals surface area contributed by atoms with Crippen molar-refractivity contribution in [2.45, 2.75) is 11.8 Å². The predicted molar refractivity (Wildman–Crippen MR) is 141 cm³/mol. The maximum atomic E-state index is 12.7. The normalized spacial score (nSPS) is 11.3. The number of aromatic nitrogens is 1. The molecule has 3 rings (SSSR count). The topological polar surface area (TPSA) is 85.2 Å². The third kappa shape index (κ3) is 5.93. The second-order valence-corrected chi connectivity index (χ2v) is 9.31. The van der Waals surface area contributed by atoms with E-state index in [1.807, 2.05) is 40.7 Å². The van der Waals surface area contributed by atoms with Gasteiger partial charge in [-0.3, -0.25) is 4.57 Å². The standard InChI is InChI=1S/C26H30N4O4S/c1-6-16-29(17-7-2)26-21(19-27-28-35(31,32)24-14-8-20(3)9-15-24)18-25(34-5)30(26)22-10-12-23(33-4)13-11-22/h6-15,18-19,28H,1-2,16-17H2,3-5H3/b27-19+. The van der Waals surface area contributed by atoms with Gasteiger partial charge in [-0.1, -0.05) is 29.8 Å². The number of hydrogen-bond acceptors (Lipinski definition) is 6. The second kappa shape index (κ2) is 11.4. The van der Waals surface area contributed by atoms with Crippen LogP contribution in [-0.2, 0) is 10.0 Å². The Morgan fingerprint density at radius 1 is 1.00 bits per heavy atom. The largest absolute Gasteiger partial charge is 0.497 e. The zero-order valence-electron chi connectivity index (χ0n) is 20.1. The fourth-order valence-electron chi connectivity index (χ4n) is 3.54. The zero-order chi connectivity index (χ0) is 25.4. The van der Waals surface area contributed by atoms with Gasteiger partial charge in [-0.15, -0.1) is 13.2 Å². The van der Waals surface area contributed by atoms with E-state index >= 15 is 0 Å². The SMILES string of the molecule is C=CCN(CC=C)c1c(/C=N/NS(=O)(=O)c2ccc(C)cc2)cc(OC)n1-c1ccc(OC)cc1. The van der Waals surface area contributed by atoms with E-state index in [-0.39, 0.29) is 4.90 Å². The Morgan fingerprint density at radius 3 is 2.17 bits per heavy atom. The number of nitrogens with one attached hydrogen (secondary N) is 1. The lowest BCUT2D eigenvalue weighted by Crippen LogP contribution is -2.27. The lowest BCUT2D eigenvalue weighted by molar-refractivity contribution is 0.390. The highest BCUT2D eigenvalue weighted by Gasteiger charge is 2.21. The number of methoxy groups -OCH3 is 2. The Bertz CT molecular complexity index is 1280. The van der Waals surface area contributed by atoms with Gasteiger partial charge in [0.05, 0.1) is 31.0 Å². The number of rotatable bonds is 12. The van der Waals surface area contributed by atoms with E-state index in [1.54, 1.807) is 44.6 Å². The average molecular weight is 495 g/mol. The molecule has 2 aromatic carbocycles. The van der Waals surface area contributed by atoms with Crippen molar-refractivity contribution in [2.75, 3.05) is 32.2 Å². The number of hydrazone groups is 1. The van der Waals surface area contributed by atoms with Crippen molar-refractivity contribution in [2.24, 2.45) is 5.10 Å². The fraction of sp³-hybridized carbons (Fsp3) is 0.192. The molecule has 0 bridgehead atoms. The predicted octanol–water partition coefficient (Wildman–Crippen LogP) is 4.29. The molecular weight excluding hydrogens is 464 g/mol. The third-order valence-electron chi connectivity index (χ3n) is 5.22. The number of aryl methyl sites for hydroxylation is 1. The summed E-state index contributed by atoms with van der Waals surface area (Å²) >= 11 is 0. The van der Waals surface area contributed by atoms with Gasteiger partial charge in [0.1, 0.15) is 11.6 Å². The minimum atomic E-state index is -3.82. The van der Waals surface area contributed by atoms with Crippen molar-refractivity contribution in [3.8, 4) is 17.3 Å². The van der Waals surface area contributed by atoms with Gasteiger partial charge in [0.15, 0.2) is 5.88 Å². The Labute approximate surface area is 206 Å². The molecule has 0 atom stereocenters. The van der Waals surface area contributed by atoms with Crippen LogP contribution in [0.2, 0.25) is 0 Å². The van der Waals surface area contributed by atoms with Crippen LogP contribution in [0.5, 0.6) is 11.6 Å². The molecule has 0 amide bonds. The number of ether oxygens (including phenoxy) is 2. The molecule has 0 saturated carbocycles. The van der Waals surface area contributed by atoms with Crippen LogP contribution in [0.3, 0.4) is 0 Å². The molecular formula is C26H30N4O4S. The summed E-state index contributed by atoms with van der Waals surface area (Å²) < 4.78 is 38.2. The van der Waals surface area contributed by atoms with E-state index in [0.717, 1.165) is 22.8 Å². The van der Waals surface area contributed by atoms with Crippen molar-refractivity contribution in [1.82, 2.24) is 9.40 Å². The fourth-order valence-corrected chi connectivity index (χ4v) is 4.33. The van der Waals surface area contributed by atoms with Crippen LogP contribution < -0.4 is 19.2 Å². The van der Waals surface area contributed by atoms with Gasteiger partial charge in [0.25, 0.3) is 10.0 Å². The smallest absolute Gasteiger partial charge is 0.276 e. The Morgan fingerprint density at radius 2 is 1.63 bits per heavy atom. The molecule has 184 valence electrons. The van der Waals surface area contributed by atoms with E-state index in [9.17, 15) is 8.42 Å². The van der Waals surface area contributed by atoms with Gasteiger partial charge >= 0.3 is 0 Å². The summed E-state index contributed by atoms with van der Waals surface area (Å²) in [5.41, 5.74) is 2.44. The highest BCUT2D eigenvalue weighted by atomic mass is 32.2. The summed E-state index contributed by atoms with van der Waals surface area (Å²) in [6.45, 7) is 10.7. The lowest BCUT2D eigenvalue weighted by Gasteiger charge is -2.25. The number of sulfonamides is 1. The summed E-state index contributed by atoms with van der Waals surface area (Å²) in [6.07, 6.45) is 5.02. The summed E-state index contributed by atoms with van der Waals surface area (Å²) in [5.74, 6) is 2.01. The third-order valence-corrected chi connectivity index (χ3v) is 6.45. The molecule has 3 aromatic rings. The lowest BCUT2D eigenvalue weighted by atomic mass is 10.2. The summed E-state index contributed by atoms with van der Waals surface area (Å²) in [7, 11) is -0.630. The number of nitrogens with zero attached hydrogens (tertiary/aromatic N) is 3.